The van der Waals surface area contributed by atoms with Crippen LogP contribution in [0.15, 0.2) is 66.7 Å². The second-order valence-electron chi connectivity index (χ2n) is 7.83. The number of hydrogen-bond donors (Lipinski definition) is 0. The van der Waals surface area contributed by atoms with Crippen molar-refractivity contribution in [3.8, 4) is 22.3 Å². The zero-order valence-corrected chi connectivity index (χ0v) is 17.2. The topological polar surface area (TPSA) is 0 Å². The summed E-state index contributed by atoms with van der Waals surface area (Å²) in [6, 6.07) is 16.8. The molecule has 0 amide bonds. The predicted octanol–water partition coefficient (Wildman–Crippen LogP) is 8.46. The molecular formula is C27H22F4. The Morgan fingerprint density at radius 3 is 1.90 bits per heavy atom. The van der Waals surface area contributed by atoms with Gasteiger partial charge in [0, 0.05) is 6.07 Å². The normalized spacial score (nSPS) is 11.3. The number of aryl methyl sites for hydroxylation is 1. The van der Waals surface area contributed by atoms with Crippen LogP contribution in [-0.4, -0.2) is 0 Å². The van der Waals surface area contributed by atoms with Crippen molar-refractivity contribution in [3.63, 3.8) is 0 Å². The van der Waals surface area contributed by atoms with E-state index in [1.54, 1.807) is 0 Å². The Morgan fingerprint density at radius 2 is 1.23 bits per heavy atom. The van der Waals surface area contributed by atoms with Crippen molar-refractivity contribution in [2.75, 3.05) is 0 Å². The van der Waals surface area contributed by atoms with E-state index in [4.69, 9.17) is 0 Å². The molecule has 0 unspecified atom stereocenters. The maximum absolute atomic E-state index is 14.8. The second-order valence-corrected chi connectivity index (χ2v) is 7.83. The SMILES string of the molecule is CCCCCc1ccc2cc(-c3cc(F)c(-c4cc(F)cc(F)c4)c(F)c3)ccc2c1. The molecule has 0 atom stereocenters. The molecule has 31 heavy (non-hydrogen) atoms. The van der Waals surface area contributed by atoms with Gasteiger partial charge in [-0.25, -0.2) is 17.6 Å². The number of unbranched alkanes of at least 4 members (excludes halogenated alkanes) is 2. The van der Waals surface area contributed by atoms with E-state index in [2.05, 4.69) is 19.1 Å². The van der Waals surface area contributed by atoms with Crippen LogP contribution in [0.1, 0.15) is 31.7 Å². The second kappa shape index (κ2) is 8.93. The number of halogens is 4. The first-order chi connectivity index (χ1) is 14.9. The highest BCUT2D eigenvalue weighted by Gasteiger charge is 2.16. The van der Waals surface area contributed by atoms with Gasteiger partial charge in [-0.3, -0.25) is 0 Å². The monoisotopic (exact) mass is 422 g/mol. The quantitative estimate of drug-likeness (QED) is 0.216. The summed E-state index contributed by atoms with van der Waals surface area (Å²) in [7, 11) is 0. The molecule has 158 valence electrons. The Labute approximate surface area is 179 Å². The molecule has 4 heteroatoms. The molecule has 0 nitrogen and oxygen atoms in total. The van der Waals surface area contributed by atoms with Crippen LogP contribution in [0.25, 0.3) is 33.0 Å². The summed E-state index contributed by atoms with van der Waals surface area (Å²) >= 11 is 0. The predicted molar refractivity (Wildman–Crippen MR) is 118 cm³/mol. The highest BCUT2D eigenvalue weighted by Crippen LogP contribution is 2.33. The summed E-state index contributed by atoms with van der Waals surface area (Å²) in [5, 5.41) is 2.05. The number of benzene rings is 4. The van der Waals surface area contributed by atoms with Gasteiger partial charge in [0.15, 0.2) is 0 Å². The van der Waals surface area contributed by atoms with Crippen LogP contribution >= 0.6 is 0 Å². The van der Waals surface area contributed by atoms with E-state index in [1.165, 1.54) is 30.5 Å². The Morgan fingerprint density at radius 1 is 0.581 bits per heavy atom. The molecule has 0 aliphatic rings. The van der Waals surface area contributed by atoms with Crippen molar-refractivity contribution in [2.24, 2.45) is 0 Å². The lowest BCUT2D eigenvalue weighted by molar-refractivity contribution is 0.578. The van der Waals surface area contributed by atoms with E-state index in [0.29, 0.717) is 17.2 Å². The molecule has 0 aromatic heterocycles. The molecule has 4 aromatic carbocycles. The largest absolute Gasteiger partial charge is 0.207 e. The van der Waals surface area contributed by atoms with E-state index < -0.39 is 28.8 Å². The third-order valence-electron chi connectivity index (χ3n) is 5.50. The zero-order chi connectivity index (χ0) is 22.0. The lowest BCUT2D eigenvalue weighted by Gasteiger charge is -2.11. The first-order valence-corrected chi connectivity index (χ1v) is 10.4. The minimum absolute atomic E-state index is 0.173. The van der Waals surface area contributed by atoms with Crippen molar-refractivity contribution in [1.29, 1.82) is 0 Å². The van der Waals surface area contributed by atoms with Gasteiger partial charge in [0.25, 0.3) is 0 Å². The van der Waals surface area contributed by atoms with E-state index in [1.807, 2.05) is 24.3 Å². The van der Waals surface area contributed by atoms with Crippen LogP contribution in [0.4, 0.5) is 17.6 Å². The van der Waals surface area contributed by atoms with Crippen LogP contribution in [0, 0.1) is 23.3 Å². The van der Waals surface area contributed by atoms with Crippen LogP contribution in [-0.2, 0) is 6.42 Å². The van der Waals surface area contributed by atoms with Crippen LogP contribution in [0.3, 0.4) is 0 Å². The fourth-order valence-electron chi connectivity index (χ4n) is 3.92. The molecular weight excluding hydrogens is 400 g/mol. The van der Waals surface area contributed by atoms with Crippen molar-refractivity contribution < 1.29 is 17.6 Å². The van der Waals surface area contributed by atoms with Gasteiger partial charge in [-0.05, 0) is 76.2 Å². The molecule has 0 radical (unpaired) electrons. The molecule has 0 saturated carbocycles. The maximum atomic E-state index is 14.8. The molecule has 0 bridgehead atoms. The van der Waals surface area contributed by atoms with Crippen LogP contribution < -0.4 is 0 Å². The van der Waals surface area contributed by atoms with Crippen molar-refractivity contribution in [2.45, 2.75) is 32.6 Å². The molecule has 0 heterocycles. The van der Waals surface area contributed by atoms with Crippen LogP contribution in [0.5, 0.6) is 0 Å². The highest BCUT2D eigenvalue weighted by atomic mass is 19.1. The minimum Gasteiger partial charge on any atom is -0.207 e. The smallest absolute Gasteiger partial charge is 0.134 e. The van der Waals surface area contributed by atoms with Gasteiger partial charge in [-0.15, -0.1) is 0 Å². The molecule has 0 spiro atoms. The summed E-state index contributed by atoms with van der Waals surface area (Å²) in [5.74, 6) is -3.51. The van der Waals surface area contributed by atoms with E-state index in [-0.39, 0.29) is 5.56 Å². The van der Waals surface area contributed by atoms with Gasteiger partial charge in [-0.1, -0.05) is 50.1 Å². The van der Waals surface area contributed by atoms with Gasteiger partial charge in [0.1, 0.15) is 23.3 Å². The van der Waals surface area contributed by atoms with E-state index >= 15 is 0 Å². The first kappa shape index (κ1) is 21.1. The molecule has 4 rings (SSSR count). The van der Waals surface area contributed by atoms with Crippen molar-refractivity contribution in [1.82, 2.24) is 0 Å². The molecule has 0 aliphatic heterocycles. The van der Waals surface area contributed by atoms with E-state index in [0.717, 1.165) is 35.7 Å². The Bertz CT molecular complexity index is 1200. The number of rotatable bonds is 6. The van der Waals surface area contributed by atoms with Gasteiger partial charge in [-0.2, -0.15) is 0 Å². The third-order valence-corrected chi connectivity index (χ3v) is 5.50. The molecule has 0 fully saturated rings. The van der Waals surface area contributed by atoms with Crippen molar-refractivity contribution in [3.05, 3.63) is 95.6 Å². The van der Waals surface area contributed by atoms with E-state index in [9.17, 15) is 17.6 Å². The summed E-state index contributed by atoms with van der Waals surface area (Å²) < 4.78 is 56.6. The lowest BCUT2D eigenvalue weighted by atomic mass is 9.96. The molecule has 4 aromatic rings. The number of hydrogen-bond acceptors (Lipinski definition) is 0. The zero-order valence-electron chi connectivity index (χ0n) is 17.2. The summed E-state index contributed by atoms with van der Waals surface area (Å²) in [6.45, 7) is 2.18. The highest BCUT2D eigenvalue weighted by molar-refractivity contribution is 5.88. The Hall–Kier alpha value is -3.14. The summed E-state index contributed by atoms with van der Waals surface area (Å²) in [4.78, 5) is 0. The number of fused-ring (bicyclic) bond motifs is 1. The molecule has 0 aliphatic carbocycles. The third kappa shape index (κ3) is 4.63. The van der Waals surface area contributed by atoms with Gasteiger partial charge >= 0.3 is 0 Å². The molecule has 0 saturated heterocycles. The Balaban J connectivity index is 1.68. The van der Waals surface area contributed by atoms with Gasteiger partial charge in [0.05, 0.1) is 5.56 Å². The minimum atomic E-state index is -0.888. The van der Waals surface area contributed by atoms with Gasteiger partial charge in [0.2, 0.25) is 0 Å². The first-order valence-electron chi connectivity index (χ1n) is 10.4. The average molecular weight is 422 g/mol. The summed E-state index contributed by atoms with van der Waals surface area (Å²) in [6.07, 6.45) is 4.56. The fourth-order valence-corrected chi connectivity index (χ4v) is 3.92. The van der Waals surface area contributed by atoms with Crippen LogP contribution in [0.2, 0.25) is 0 Å². The molecule has 0 N–H and O–H groups in total. The standard InChI is InChI=1S/C27H22F4/c1-2-3-4-5-17-6-7-19-11-20(9-8-18(19)10-17)21-14-25(30)27(26(31)15-21)22-12-23(28)16-24(29)13-22/h6-16H,2-5H2,1H3. The maximum Gasteiger partial charge on any atom is 0.134 e. The Kier molecular flexibility index (Phi) is 6.08. The lowest BCUT2D eigenvalue weighted by Crippen LogP contribution is -1.94. The average Bonchev–Trinajstić information content (AvgIpc) is 2.72. The van der Waals surface area contributed by atoms with Crippen molar-refractivity contribution >= 4 is 10.8 Å². The van der Waals surface area contributed by atoms with Gasteiger partial charge < -0.3 is 0 Å². The fraction of sp³-hybridized carbons (Fsp3) is 0.185. The summed E-state index contributed by atoms with van der Waals surface area (Å²) in [5.41, 5.74) is 1.69.